The Kier molecular flexibility index (Phi) is 4.64. The predicted octanol–water partition coefficient (Wildman–Crippen LogP) is 1.82. The van der Waals surface area contributed by atoms with E-state index in [-0.39, 0.29) is 29.1 Å². The molecule has 0 aliphatic heterocycles. The minimum absolute atomic E-state index is 0.0452. The van der Waals surface area contributed by atoms with Crippen LogP contribution in [0.25, 0.3) is 0 Å². The molecule has 0 atom stereocenters. The molecule has 5 heteroatoms. The number of hydrogen-bond acceptors (Lipinski definition) is 5. The lowest BCUT2D eigenvalue weighted by Crippen LogP contribution is -2.26. The number of ketones is 1. The summed E-state index contributed by atoms with van der Waals surface area (Å²) in [5, 5.41) is 9.79. The van der Waals surface area contributed by atoms with Crippen molar-refractivity contribution >= 4 is 18.0 Å². The van der Waals surface area contributed by atoms with Crippen molar-refractivity contribution in [1.29, 1.82) is 0 Å². The van der Waals surface area contributed by atoms with E-state index >= 15 is 0 Å². The SMILES string of the molecule is CCOC(=O)CN=CC1=C(O)CC(C)(C)CC1=O. The molecule has 0 saturated carbocycles. The van der Waals surface area contributed by atoms with Gasteiger partial charge in [0.2, 0.25) is 0 Å². The molecule has 0 radical (unpaired) electrons. The van der Waals surface area contributed by atoms with Gasteiger partial charge in [0.05, 0.1) is 12.2 Å². The molecule has 1 N–H and O–H groups in total. The summed E-state index contributed by atoms with van der Waals surface area (Å²) in [7, 11) is 0. The second-order valence-corrected chi connectivity index (χ2v) is 5.08. The summed E-state index contributed by atoms with van der Waals surface area (Å²) in [5.41, 5.74) is -0.0155. The van der Waals surface area contributed by atoms with Gasteiger partial charge in [-0.1, -0.05) is 13.8 Å². The number of rotatable bonds is 4. The van der Waals surface area contributed by atoms with E-state index in [2.05, 4.69) is 4.99 Å². The zero-order valence-corrected chi connectivity index (χ0v) is 11.0. The number of hydrogen-bond donors (Lipinski definition) is 1. The molecule has 5 nitrogen and oxygen atoms in total. The first kappa shape index (κ1) is 14.4. The number of nitrogens with zero attached hydrogens (tertiary/aromatic N) is 1. The number of aliphatic hydroxyl groups excluding tert-OH is 1. The lowest BCUT2D eigenvalue weighted by atomic mass is 9.77. The van der Waals surface area contributed by atoms with Crippen LogP contribution in [0.1, 0.15) is 33.6 Å². The molecular formula is C13H19NO4. The normalized spacial score (nSPS) is 19.4. The molecule has 18 heavy (non-hydrogen) atoms. The third-order valence-corrected chi connectivity index (χ3v) is 2.64. The Bertz CT molecular complexity index is 407. The lowest BCUT2D eigenvalue weighted by Gasteiger charge is -2.28. The number of ether oxygens (including phenoxy) is 1. The summed E-state index contributed by atoms with van der Waals surface area (Å²) in [6.45, 7) is 5.72. The van der Waals surface area contributed by atoms with Gasteiger partial charge in [0, 0.05) is 19.1 Å². The van der Waals surface area contributed by atoms with Gasteiger partial charge in [-0.15, -0.1) is 0 Å². The highest BCUT2D eigenvalue weighted by atomic mass is 16.5. The van der Waals surface area contributed by atoms with Crippen LogP contribution in [-0.4, -0.2) is 36.2 Å². The molecular weight excluding hydrogens is 234 g/mol. The van der Waals surface area contributed by atoms with E-state index in [0.29, 0.717) is 19.4 Å². The number of aliphatic hydroxyl groups is 1. The molecule has 0 spiro atoms. The Morgan fingerprint density at radius 2 is 2.17 bits per heavy atom. The minimum Gasteiger partial charge on any atom is -0.511 e. The van der Waals surface area contributed by atoms with Crippen molar-refractivity contribution in [1.82, 2.24) is 0 Å². The van der Waals surface area contributed by atoms with Crippen molar-refractivity contribution in [3.05, 3.63) is 11.3 Å². The molecule has 0 fully saturated rings. The Hall–Kier alpha value is -1.65. The van der Waals surface area contributed by atoms with Crippen LogP contribution in [0.15, 0.2) is 16.3 Å². The third-order valence-electron chi connectivity index (χ3n) is 2.64. The smallest absolute Gasteiger partial charge is 0.327 e. The summed E-state index contributed by atoms with van der Waals surface area (Å²) in [5.74, 6) is -0.544. The van der Waals surface area contributed by atoms with E-state index in [1.807, 2.05) is 13.8 Å². The fourth-order valence-corrected chi connectivity index (χ4v) is 1.87. The zero-order valence-electron chi connectivity index (χ0n) is 11.0. The van der Waals surface area contributed by atoms with Crippen molar-refractivity contribution in [3.8, 4) is 0 Å². The van der Waals surface area contributed by atoms with Crippen LogP contribution in [0.5, 0.6) is 0 Å². The molecule has 0 aromatic rings. The number of aliphatic imine (C=N–C) groups is 1. The molecule has 0 aromatic carbocycles. The fourth-order valence-electron chi connectivity index (χ4n) is 1.87. The molecule has 0 saturated heterocycles. The second kappa shape index (κ2) is 5.80. The quantitative estimate of drug-likeness (QED) is 0.612. The Balaban J connectivity index is 2.69. The van der Waals surface area contributed by atoms with Gasteiger partial charge in [-0.3, -0.25) is 14.6 Å². The number of esters is 1. The second-order valence-electron chi connectivity index (χ2n) is 5.08. The van der Waals surface area contributed by atoms with Crippen molar-refractivity contribution in [2.45, 2.75) is 33.6 Å². The number of carbonyl (C=O) groups excluding carboxylic acids is 2. The molecule has 100 valence electrons. The van der Waals surface area contributed by atoms with E-state index in [0.717, 1.165) is 0 Å². The van der Waals surface area contributed by atoms with Gasteiger partial charge < -0.3 is 9.84 Å². The molecule has 0 bridgehead atoms. The summed E-state index contributed by atoms with van der Waals surface area (Å²) in [6.07, 6.45) is 2.08. The van der Waals surface area contributed by atoms with Crippen LogP contribution < -0.4 is 0 Å². The molecule has 1 aliphatic rings. The number of Topliss-reactive ketones (excluding diaryl/α,β-unsaturated/α-hetero) is 1. The Morgan fingerprint density at radius 3 is 2.72 bits per heavy atom. The maximum Gasteiger partial charge on any atom is 0.327 e. The standard InChI is InChI=1S/C13H19NO4/c1-4-18-12(17)8-14-7-9-10(15)5-13(2,3)6-11(9)16/h7,15H,4-6,8H2,1-3H3. The largest absolute Gasteiger partial charge is 0.511 e. The number of carbonyl (C=O) groups is 2. The van der Waals surface area contributed by atoms with Crippen LogP contribution >= 0.6 is 0 Å². The van der Waals surface area contributed by atoms with E-state index in [9.17, 15) is 14.7 Å². The summed E-state index contributed by atoms with van der Waals surface area (Å²) in [6, 6.07) is 0. The molecule has 1 rings (SSSR count). The molecule has 0 unspecified atom stereocenters. The monoisotopic (exact) mass is 253 g/mol. The van der Waals surface area contributed by atoms with Gasteiger partial charge in [-0.2, -0.15) is 0 Å². The van der Waals surface area contributed by atoms with Crippen LogP contribution in [-0.2, 0) is 14.3 Å². The molecule has 1 aliphatic carbocycles. The topological polar surface area (TPSA) is 76.0 Å². The zero-order chi connectivity index (χ0) is 13.8. The van der Waals surface area contributed by atoms with Crippen LogP contribution in [0, 0.1) is 5.41 Å². The summed E-state index contributed by atoms with van der Waals surface area (Å²) < 4.78 is 4.70. The average molecular weight is 253 g/mol. The highest BCUT2D eigenvalue weighted by molar-refractivity contribution is 6.14. The number of allylic oxidation sites excluding steroid dienone is 2. The van der Waals surface area contributed by atoms with Gasteiger partial charge >= 0.3 is 5.97 Å². The average Bonchev–Trinajstić information content (AvgIpc) is 2.21. The van der Waals surface area contributed by atoms with Gasteiger partial charge in [0.25, 0.3) is 0 Å². The van der Waals surface area contributed by atoms with E-state index < -0.39 is 5.97 Å². The third kappa shape index (κ3) is 3.98. The van der Waals surface area contributed by atoms with Gasteiger partial charge in [0.15, 0.2) is 5.78 Å². The van der Waals surface area contributed by atoms with Crippen LogP contribution in [0.3, 0.4) is 0 Å². The van der Waals surface area contributed by atoms with Crippen molar-refractivity contribution in [3.63, 3.8) is 0 Å². The maximum atomic E-state index is 11.8. The Morgan fingerprint density at radius 1 is 1.50 bits per heavy atom. The molecule has 0 amide bonds. The van der Waals surface area contributed by atoms with Crippen LogP contribution in [0.4, 0.5) is 0 Å². The molecule has 0 heterocycles. The maximum absolute atomic E-state index is 11.8. The van der Waals surface area contributed by atoms with E-state index in [4.69, 9.17) is 4.74 Å². The summed E-state index contributed by atoms with van der Waals surface area (Å²) >= 11 is 0. The minimum atomic E-state index is -0.447. The van der Waals surface area contributed by atoms with Crippen LogP contribution in [0.2, 0.25) is 0 Å². The molecule has 0 aromatic heterocycles. The first-order chi connectivity index (χ1) is 8.35. The Labute approximate surface area is 107 Å². The highest BCUT2D eigenvalue weighted by Crippen LogP contribution is 2.34. The predicted molar refractivity (Wildman–Crippen MR) is 67.7 cm³/mol. The van der Waals surface area contributed by atoms with E-state index in [1.54, 1.807) is 6.92 Å². The van der Waals surface area contributed by atoms with Crippen molar-refractivity contribution in [2.24, 2.45) is 10.4 Å². The van der Waals surface area contributed by atoms with Gasteiger partial charge in [-0.05, 0) is 12.3 Å². The van der Waals surface area contributed by atoms with Gasteiger partial charge in [0.1, 0.15) is 12.3 Å². The fraction of sp³-hybridized carbons (Fsp3) is 0.615. The summed E-state index contributed by atoms with van der Waals surface area (Å²) in [4.78, 5) is 26.7. The first-order valence-electron chi connectivity index (χ1n) is 5.96. The van der Waals surface area contributed by atoms with E-state index in [1.165, 1.54) is 6.21 Å². The lowest BCUT2D eigenvalue weighted by molar-refractivity contribution is -0.141. The van der Waals surface area contributed by atoms with Gasteiger partial charge in [-0.25, -0.2) is 0 Å². The highest BCUT2D eigenvalue weighted by Gasteiger charge is 2.32. The van der Waals surface area contributed by atoms with Crippen molar-refractivity contribution < 1.29 is 19.4 Å². The first-order valence-corrected chi connectivity index (χ1v) is 5.96. The van der Waals surface area contributed by atoms with Crippen molar-refractivity contribution in [2.75, 3.05) is 13.2 Å².